The number of fused-ring (bicyclic) bond motifs is 1. The van der Waals surface area contributed by atoms with E-state index in [1.165, 1.54) is 0 Å². The SMILES string of the molecule is NC1CCC2CN(C(=O)C3CCN(c4cc(Cl)ccc4Cl)C3=O)CC12. The molecule has 25 heavy (non-hydrogen) atoms. The molecule has 7 heteroatoms. The Kier molecular flexibility index (Phi) is 4.42. The number of nitrogens with two attached hydrogens (primary N) is 1. The summed E-state index contributed by atoms with van der Waals surface area (Å²) in [6.07, 6.45) is 2.64. The van der Waals surface area contributed by atoms with Crippen LogP contribution in [0.15, 0.2) is 18.2 Å². The Labute approximate surface area is 157 Å². The van der Waals surface area contributed by atoms with E-state index in [9.17, 15) is 9.59 Å². The normalized spacial score (nSPS) is 31.7. The second-order valence-corrected chi connectivity index (χ2v) is 8.18. The fourth-order valence-corrected chi connectivity index (χ4v) is 4.93. The number of halogens is 2. The molecule has 1 aliphatic carbocycles. The minimum absolute atomic E-state index is 0.0627. The molecule has 1 aromatic rings. The lowest BCUT2D eigenvalue weighted by atomic mass is 9.98. The van der Waals surface area contributed by atoms with Crippen LogP contribution in [0.5, 0.6) is 0 Å². The summed E-state index contributed by atoms with van der Waals surface area (Å²) < 4.78 is 0. The van der Waals surface area contributed by atoms with Crippen molar-refractivity contribution in [2.45, 2.75) is 25.3 Å². The lowest BCUT2D eigenvalue weighted by molar-refractivity contribution is -0.139. The zero-order valence-corrected chi connectivity index (χ0v) is 15.3. The highest BCUT2D eigenvalue weighted by atomic mass is 35.5. The highest BCUT2D eigenvalue weighted by molar-refractivity contribution is 6.36. The largest absolute Gasteiger partial charge is 0.341 e. The van der Waals surface area contributed by atoms with E-state index >= 15 is 0 Å². The Morgan fingerprint density at radius 3 is 2.72 bits per heavy atom. The van der Waals surface area contributed by atoms with Gasteiger partial charge in [0.05, 0.1) is 10.7 Å². The molecule has 4 atom stereocenters. The van der Waals surface area contributed by atoms with E-state index in [4.69, 9.17) is 28.9 Å². The molecule has 2 N–H and O–H groups in total. The number of carbonyl (C=O) groups is 2. The van der Waals surface area contributed by atoms with Gasteiger partial charge in [0.1, 0.15) is 5.92 Å². The molecule has 3 aliphatic rings. The molecule has 0 bridgehead atoms. The monoisotopic (exact) mass is 381 g/mol. The van der Waals surface area contributed by atoms with Crippen molar-refractivity contribution >= 4 is 40.7 Å². The highest BCUT2D eigenvalue weighted by Gasteiger charge is 2.46. The lowest BCUT2D eigenvalue weighted by Gasteiger charge is -2.22. The van der Waals surface area contributed by atoms with Crippen molar-refractivity contribution < 1.29 is 9.59 Å². The first-order chi connectivity index (χ1) is 12.0. The molecule has 0 aromatic heterocycles. The molecule has 1 saturated carbocycles. The number of nitrogens with zero attached hydrogens (tertiary/aromatic N) is 2. The first-order valence-electron chi connectivity index (χ1n) is 8.76. The van der Waals surface area contributed by atoms with Crippen LogP contribution in [0.2, 0.25) is 10.0 Å². The fraction of sp³-hybridized carbons (Fsp3) is 0.556. The molecule has 4 rings (SSSR count). The molecule has 0 spiro atoms. The van der Waals surface area contributed by atoms with Crippen molar-refractivity contribution in [3.8, 4) is 0 Å². The van der Waals surface area contributed by atoms with Crippen LogP contribution in [0.1, 0.15) is 19.3 Å². The van der Waals surface area contributed by atoms with Gasteiger partial charge in [0.2, 0.25) is 11.8 Å². The quantitative estimate of drug-likeness (QED) is 0.800. The molecule has 2 heterocycles. The zero-order chi connectivity index (χ0) is 17.7. The molecular weight excluding hydrogens is 361 g/mol. The standard InChI is InChI=1S/C18H21Cl2N3O2/c19-11-2-3-14(20)16(7-11)23-6-5-12(18(23)25)17(24)22-8-10-1-4-15(21)13(10)9-22/h2-3,7,10,12-13,15H,1,4-6,8-9,21H2. The predicted octanol–water partition coefficient (Wildman–Crippen LogP) is 2.54. The Bertz CT molecular complexity index is 726. The van der Waals surface area contributed by atoms with Crippen LogP contribution in [0, 0.1) is 17.8 Å². The maximum atomic E-state index is 12.9. The number of likely N-dealkylation sites (tertiary alicyclic amines) is 1. The Morgan fingerprint density at radius 1 is 1.16 bits per heavy atom. The molecule has 2 saturated heterocycles. The van der Waals surface area contributed by atoms with Crippen LogP contribution in [0.4, 0.5) is 5.69 Å². The number of rotatable bonds is 2. The third-order valence-electron chi connectivity index (χ3n) is 5.93. The van der Waals surface area contributed by atoms with Gasteiger partial charge in [-0.25, -0.2) is 0 Å². The molecule has 5 nitrogen and oxygen atoms in total. The molecule has 4 unspecified atom stereocenters. The van der Waals surface area contributed by atoms with E-state index in [0.717, 1.165) is 19.4 Å². The Balaban J connectivity index is 1.48. The van der Waals surface area contributed by atoms with Gasteiger partial charge in [-0.05, 0) is 49.3 Å². The molecule has 2 aliphatic heterocycles. The Hall–Kier alpha value is -1.30. The minimum atomic E-state index is -0.620. The maximum absolute atomic E-state index is 12.9. The summed E-state index contributed by atoms with van der Waals surface area (Å²) in [6, 6.07) is 5.21. The first-order valence-corrected chi connectivity index (χ1v) is 9.52. The van der Waals surface area contributed by atoms with E-state index < -0.39 is 5.92 Å². The summed E-state index contributed by atoms with van der Waals surface area (Å²) in [5, 5.41) is 0.982. The van der Waals surface area contributed by atoms with Gasteiger partial charge < -0.3 is 15.5 Å². The first kappa shape index (κ1) is 17.1. The Morgan fingerprint density at radius 2 is 1.96 bits per heavy atom. The van der Waals surface area contributed by atoms with E-state index in [0.29, 0.717) is 47.1 Å². The van der Waals surface area contributed by atoms with Gasteiger partial charge in [-0.2, -0.15) is 0 Å². The van der Waals surface area contributed by atoms with Crippen molar-refractivity contribution in [2.24, 2.45) is 23.5 Å². The molecule has 2 amide bonds. The van der Waals surface area contributed by atoms with Gasteiger partial charge in [0.25, 0.3) is 0 Å². The average Bonchev–Trinajstić information content (AvgIpc) is 3.26. The lowest BCUT2D eigenvalue weighted by Crippen LogP contribution is -2.40. The number of benzene rings is 1. The third kappa shape index (κ3) is 2.92. The van der Waals surface area contributed by atoms with Crippen LogP contribution in [-0.4, -0.2) is 42.4 Å². The molecule has 0 radical (unpaired) electrons. The van der Waals surface area contributed by atoms with E-state index in [-0.39, 0.29) is 17.9 Å². The van der Waals surface area contributed by atoms with Crippen LogP contribution >= 0.6 is 23.2 Å². The van der Waals surface area contributed by atoms with Crippen molar-refractivity contribution in [1.29, 1.82) is 0 Å². The number of amides is 2. The summed E-state index contributed by atoms with van der Waals surface area (Å²) in [4.78, 5) is 29.2. The topological polar surface area (TPSA) is 66.6 Å². The van der Waals surface area contributed by atoms with Crippen LogP contribution in [-0.2, 0) is 9.59 Å². The van der Waals surface area contributed by atoms with Crippen molar-refractivity contribution in [3.05, 3.63) is 28.2 Å². The molecule has 3 fully saturated rings. The molecular formula is C18H21Cl2N3O2. The van der Waals surface area contributed by atoms with Gasteiger partial charge in [-0.3, -0.25) is 9.59 Å². The van der Waals surface area contributed by atoms with E-state index in [2.05, 4.69) is 0 Å². The summed E-state index contributed by atoms with van der Waals surface area (Å²) in [7, 11) is 0. The van der Waals surface area contributed by atoms with Crippen molar-refractivity contribution in [2.75, 3.05) is 24.5 Å². The van der Waals surface area contributed by atoms with Gasteiger partial charge in [-0.15, -0.1) is 0 Å². The van der Waals surface area contributed by atoms with Crippen molar-refractivity contribution in [1.82, 2.24) is 4.90 Å². The van der Waals surface area contributed by atoms with Gasteiger partial charge in [-0.1, -0.05) is 23.2 Å². The van der Waals surface area contributed by atoms with E-state index in [1.54, 1.807) is 23.1 Å². The summed E-state index contributed by atoms with van der Waals surface area (Å²) >= 11 is 12.2. The van der Waals surface area contributed by atoms with Crippen LogP contribution < -0.4 is 10.6 Å². The average molecular weight is 382 g/mol. The predicted molar refractivity (Wildman–Crippen MR) is 97.7 cm³/mol. The van der Waals surface area contributed by atoms with Crippen LogP contribution in [0.25, 0.3) is 0 Å². The number of anilines is 1. The number of hydrogen-bond acceptors (Lipinski definition) is 3. The third-order valence-corrected chi connectivity index (χ3v) is 6.48. The van der Waals surface area contributed by atoms with Gasteiger partial charge in [0, 0.05) is 30.7 Å². The summed E-state index contributed by atoms with van der Waals surface area (Å²) in [5.74, 6) is 0.0146. The van der Waals surface area contributed by atoms with Crippen molar-refractivity contribution in [3.63, 3.8) is 0 Å². The number of carbonyl (C=O) groups excluding carboxylic acids is 2. The van der Waals surface area contributed by atoms with E-state index in [1.807, 2.05) is 4.90 Å². The minimum Gasteiger partial charge on any atom is -0.341 e. The van der Waals surface area contributed by atoms with Gasteiger partial charge >= 0.3 is 0 Å². The van der Waals surface area contributed by atoms with Crippen LogP contribution in [0.3, 0.4) is 0 Å². The second-order valence-electron chi connectivity index (χ2n) is 7.34. The molecule has 1 aromatic carbocycles. The summed E-state index contributed by atoms with van der Waals surface area (Å²) in [6.45, 7) is 1.90. The highest BCUT2D eigenvalue weighted by Crippen LogP contribution is 2.39. The zero-order valence-electron chi connectivity index (χ0n) is 13.8. The smallest absolute Gasteiger partial charge is 0.239 e. The fourth-order valence-electron chi connectivity index (χ4n) is 4.55. The maximum Gasteiger partial charge on any atom is 0.239 e. The summed E-state index contributed by atoms with van der Waals surface area (Å²) in [5.41, 5.74) is 6.73. The second kappa shape index (κ2) is 6.45. The molecule has 134 valence electrons. The van der Waals surface area contributed by atoms with Gasteiger partial charge in [0.15, 0.2) is 0 Å². The number of hydrogen-bond donors (Lipinski definition) is 1.